The van der Waals surface area contributed by atoms with E-state index in [0.29, 0.717) is 0 Å². The molecule has 0 aromatic heterocycles. The average Bonchev–Trinajstić information content (AvgIpc) is 2.35. The molecule has 0 aliphatic carbocycles. The molecule has 0 bridgehead atoms. The Labute approximate surface area is 99.5 Å². The van der Waals surface area contributed by atoms with Gasteiger partial charge in [0.2, 0.25) is 0 Å². The van der Waals surface area contributed by atoms with E-state index in [2.05, 4.69) is 49.1 Å². The van der Waals surface area contributed by atoms with Gasteiger partial charge in [-0.3, -0.25) is 0 Å². The molecule has 1 atom stereocenters. The first kappa shape index (κ1) is 13.0. The van der Waals surface area contributed by atoms with Gasteiger partial charge in [0.15, 0.2) is 0 Å². The van der Waals surface area contributed by atoms with E-state index < -0.39 is 0 Å². The molecule has 16 heavy (non-hydrogen) atoms. The van der Waals surface area contributed by atoms with E-state index in [1.807, 2.05) is 0 Å². The van der Waals surface area contributed by atoms with Crippen LogP contribution in [-0.4, -0.2) is 19.6 Å². The number of hydrogen-bond donors (Lipinski definition) is 1. The lowest BCUT2D eigenvalue weighted by molar-refractivity contribution is 0.539. The molecule has 0 saturated carbocycles. The van der Waals surface area contributed by atoms with Crippen molar-refractivity contribution >= 4 is 5.69 Å². The van der Waals surface area contributed by atoms with Crippen LogP contribution in [0.1, 0.15) is 26.7 Å². The second-order valence-electron chi connectivity index (χ2n) is 4.44. The Balaban J connectivity index is 2.63. The standard InChI is InChI=1S/C14H24N2/c1-3-13(2)12-16(11-7-10-15)14-8-5-4-6-9-14/h4-6,8-9,13H,3,7,10-12,15H2,1-2H3. The van der Waals surface area contributed by atoms with Crippen molar-refractivity contribution in [1.82, 2.24) is 0 Å². The fraction of sp³-hybridized carbons (Fsp3) is 0.571. The molecule has 1 unspecified atom stereocenters. The second kappa shape index (κ2) is 7.29. The monoisotopic (exact) mass is 220 g/mol. The summed E-state index contributed by atoms with van der Waals surface area (Å²) in [6.45, 7) is 7.50. The van der Waals surface area contributed by atoms with E-state index in [1.54, 1.807) is 0 Å². The summed E-state index contributed by atoms with van der Waals surface area (Å²) in [5.74, 6) is 0.734. The molecule has 0 fully saturated rings. The lowest BCUT2D eigenvalue weighted by atomic mass is 10.1. The topological polar surface area (TPSA) is 29.3 Å². The minimum Gasteiger partial charge on any atom is -0.371 e. The quantitative estimate of drug-likeness (QED) is 0.765. The molecule has 1 rings (SSSR count). The van der Waals surface area contributed by atoms with Gasteiger partial charge in [-0.05, 0) is 31.0 Å². The van der Waals surface area contributed by atoms with Gasteiger partial charge in [0, 0.05) is 18.8 Å². The van der Waals surface area contributed by atoms with E-state index in [0.717, 1.165) is 32.0 Å². The van der Waals surface area contributed by atoms with Gasteiger partial charge in [0.05, 0.1) is 0 Å². The maximum Gasteiger partial charge on any atom is 0.0366 e. The molecule has 0 aliphatic rings. The van der Waals surface area contributed by atoms with E-state index in [9.17, 15) is 0 Å². The maximum absolute atomic E-state index is 5.59. The van der Waals surface area contributed by atoms with Crippen molar-refractivity contribution in [2.24, 2.45) is 11.7 Å². The second-order valence-corrected chi connectivity index (χ2v) is 4.44. The fourth-order valence-corrected chi connectivity index (χ4v) is 1.75. The Kier molecular flexibility index (Phi) is 5.94. The Hall–Kier alpha value is -1.02. The number of rotatable bonds is 7. The molecule has 0 amide bonds. The first-order chi connectivity index (χ1) is 7.77. The van der Waals surface area contributed by atoms with Crippen LogP contribution in [0.15, 0.2) is 30.3 Å². The highest BCUT2D eigenvalue weighted by Gasteiger charge is 2.08. The van der Waals surface area contributed by atoms with E-state index in [1.165, 1.54) is 12.1 Å². The number of nitrogens with zero attached hydrogens (tertiary/aromatic N) is 1. The zero-order valence-electron chi connectivity index (χ0n) is 10.5. The minimum absolute atomic E-state index is 0.734. The van der Waals surface area contributed by atoms with E-state index in [4.69, 9.17) is 5.73 Å². The number of nitrogens with two attached hydrogens (primary N) is 1. The Morgan fingerprint density at radius 1 is 1.25 bits per heavy atom. The lowest BCUT2D eigenvalue weighted by Gasteiger charge is -2.27. The van der Waals surface area contributed by atoms with Gasteiger partial charge in [-0.25, -0.2) is 0 Å². The molecule has 0 aliphatic heterocycles. The molecule has 0 spiro atoms. The van der Waals surface area contributed by atoms with Crippen LogP contribution >= 0.6 is 0 Å². The summed E-state index contributed by atoms with van der Waals surface area (Å²) in [5.41, 5.74) is 6.91. The maximum atomic E-state index is 5.59. The number of para-hydroxylation sites is 1. The summed E-state index contributed by atoms with van der Waals surface area (Å²) >= 11 is 0. The lowest BCUT2D eigenvalue weighted by Crippen LogP contribution is -2.30. The smallest absolute Gasteiger partial charge is 0.0366 e. The normalized spacial score (nSPS) is 12.4. The summed E-state index contributed by atoms with van der Waals surface area (Å²) in [6.07, 6.45) is 2.29. The van der Waals surface area contributed by atoms with Crippen molar-refractivity contribution < 1.29 is 0 Å². The van der Waals surface area contributed by atoms with Crippen LogP contribution in [0.25, 0.3) is 0 Å². The van der Waals surface area contributed by atoms with Crippen LogP contribution in [-0.2, 0) is 0 Å². The van der Waals surface area contributed by atoms with Crippen LogP contribution in [0.4, 0.5) is 5.69 Å². The summed E-state index contributed by atoms with van der Waals surface area (Å²) in [6, 6.07) is 10.6. The molecule has 2 N–H and O–H groups in total. The molecule has 0 saturated heterocycles. The van der Waals surface area contributed by atoms with Gasteiger partial charge in [0.1, 0.15) is 0 Å². The van der Waals surface area contributed by atoms with Crippen LogP contribution in [0, 0.1) is 5.92 Å². The van der Waals surface area contributed by atoms with Crippen molar-refractivity contribution in [2.45, 2.75) is 26.7 Å². The number of anilines is 1. The van der Waals surface area contributed by atoms with Crippen molar-refractivity contribution in [3.63, 3.8) is 0 Å². The molecule has 0 heterocycles. The third kappa shape index (κ3) is 4.23. The highest BCUT2D eigenvalue weighted by atomic mass is 15.1. The zero-order chi connectivity index (χ0) is 11.8. The van der Waals surface area contributed by atoms with Gasteiger partial charge in [-0.2, -0.15) is 0 Å². The highest BCUT2D eigenvalue weighted by Crippen LogP contribution is 2.16. The third-order valence-corrected chi connectivity index (χ3v) is 2.98. The van der Waals surface area contributed by atoms with Gasteiger partial charge in [0.25, 0.3) is 0 Å². The van der Waals surface area contributed by atoms with Gasteiger partial charge >= 0.3 is 0 Å². The molecule has 2 heteroatoms. The Morgan fingerprint density at radius 3 is 2.50 bits per heavy atom. The summed E-state index contributed by atoms with van der Waals surface area (Å²) in [7, 11) is 0. The molecular weight excluding hydrogens is 196 g/mol. The fourth-order valence-electron chi connectivity index (χ4n) is 1.75. The summed E-state index contributed by atoms with van der Waals surface area (Å²) < 4.78 is 0. The molecule has 0 radical (unpaired) electrons. The number of hydrogen-bond acceptors (Lipinski definition) is 2. The van der Waals surface area contributed by atoms with Crippen LogP contribution < -0.4 is 10.6 Å². The predicted molar refractivity (Wildman–Crippen MR) is 71.8 cm³/mol. The molecule has 90 valence electrons. The van der Waals surface area contributed by atoms with E-state index in [-0.39, 0.29) is 0 Å². The minimum atomic E-state index is 0.734. The van der Waals surface area contributed by atoms with Gasteiger partial charge in [-0.1, -0.05) is 38.5 Å². The van der Waals surface area contributed by atoms with Crippen LogP contribution in [0.3, 0.4) is 0 Å². The average molecular weight is 220 g/mol. The number of benzene rings is 1. The van der Waals surface area contributed by atoms with Crippen LogP contribution in [0.2, 0.25) is 0 Å². The largest absolute Gasteiger partial charge is 0.371 e. The predicted octanol–water partition coefficient (Wildman–Crippen LogP) is 2.89. The van der Waals surface area contributed by atoms with Crippen molar-refractivity contribution in [1.29, 1.82) is 0 Å². The first-order valence-corrected chi connectivity index (χ1v) is 6.28. The first-order valence-electron chi connectivity index (χ1n) is 6.28. The highest BCUT2D eigenvalue weighted by molar-refractivity contribution is 5.45. The molecule has 2 nitrogen and oxygen atoms in total. The molecule has 1 aromatic rings. The van der Waals surface area contributed by atoms with Crippen molar-refractivity contribution in [3.05, 3.63) is 30.3 Å². The SMILES string of the molecule is CCC(C)CN(CCCN)c1ccccc1. The molecule has 1 aromatic carbocycles. The van der Waals surface area contributed by atoms with Gasteiger partial charge < -0.3 is 10.6 Å². The molecular formula is C14H24N2. The Morgan fingerprint density at radius 2 is 1.94 bits per heavy atom. The summed E-state index contributed by atoms with van der Waals surface area (Å²) in [4.78, 5) is 2.45. The summed E-state index contributed by atoms with van der Waals surface area (Å²) in [5, 5.41) is 0. The van der Waals surface area contributed by atoms with Crippen molar-refractivity contribution in [2.75, 3.05) is 24.5 Å². The third-order valence-electron chi connectivity index (χ3n) is 2.98. The zero-order valence-corrected chi connectivity index (χ0v) is 10.5. The van der Waals surface area contributed by atoms with E-state index >= 15 is 0 Å². The van der Waals surface area contributed by atoms with Gasteiger partial charge in [-0.15, -0.1) is 0 Å². The Bertz CT molecular complexity index is 271. The van der Waals surface area contributed by atoms with Crippen LogP contribution in [0.5, 0.6) is 0 Å². The van der Waals surface area contributed by atoms with Crippen molar-refractivity contribution in [3.8, 4) is 0 Å².